The van der Waals surface area contributed by atoms with E-state index in [0.29, 0.717) is 11.3 Å². The van der Waals surface area contributed by atoms with E-state index in [1.54, 1.807) is 24.3 Å². The van der Waals surface area contributed by atoms with E-state index in [1.165, 1.54) is 14.2 Å². The molecule has 0 aromatic heterocycles. The Morgan fingerprint density at radius 1 is 1.04 bits per heavy atom. The molecule has 148 valence electrons. The predicted molar refractivity (Wildman–Crippen MR) is 94.8 cm³/mol. The molecule has 0 aliphatic heterocycles. The normalized spacial score (nSPS) is 13.4. The third kappa shape index (κ3) is 5.95. The summed E-state index contributed by atoms with van der Waals surface area (Å²) in [7, 11) is -0.822. The number of hydrogen-bond acceptors (Lipinski definition) is 4. The van der Waals surface area contributed by atoms with Gasteiger partial charge < -0.3 is 9.47 Å². The van der Waals surface area contributed by atoms with Crippen molar-refractivity contribution in [2.75, 3.05) is 20.8 Å². The van der Waals surface area contributed by atoms with Crippen molar-refractivity contribution < 1.29 is 31.1 Å². The van der Waals surface area contributed by atoms with Gasteiger partial charge in [0.25, 0.3) is 0 Å². The highest BCUT2D eigenvalue weighted by atomic mass is 32.2. The maximum atomic E-state index is 12.6. The van der Waals surface area contributed by atoms with Crippen LogP contribution in [0.3, 0.4) is 0 Å². The fourth-order valence-corrected chi connectivity index (χ4v) is 3.65. The molecular formula is C18H20F3NO4S. The van der Waals surface area contributed by atoms with E-state index in [4.69, 9.17) is 9.47 Å². The molecule has 27 heavy (non-hydrogen) atoms. The summed E-state index contributed by atoms with van der Waals surface area (Å²) < 4.78 is 75.3. The monoisotopic (exact) mass is 403 g/mol. The number of para-hydroxylation sites is 1. The molecule has 9 heteroatoms. The molecule has 1 N–H and O–H groups in total. The number of ether oxygens (including phenoxy) is 2. The first-order chi connectivity index (χ1) is 12.7. The van der Waals surface area contributed by atoms with Gasteiger partial charge in [-0.05, 0) is 23.8 Å². The van der Waals surface area contributed by atoms with Crippen molar-refractivity contribution in [3.63, 3.8) is 0 Å². The highest BCUT2D eigenvalue weighted by molar-refractivity contribution is 7.88. The van der Waals surface area contributed by atoms with Crippen LogP contribution in [0.1, 0.15) is 22.8 Å². The van der Waals surface area contributed by atoms with Crippen LogP contribution in [0.5, 0.6) is 5.75 Å². The third-order valence-electron chi connectivity index (χ3n) is 3.90. The van der Waals surface area contributed by atoms with E-state index in [9.17, 15) is 21.6 Å². The summed E-state index contributed by atoms with van der Waals surface area (Å²) in [5, 5.41) is 0. The van der Waals surface area contributed by atoms with E-state index in [2.05, 4.69) is 4.72 Å². The summed E-state index contributed by atoms with van der Waals surface area (Å²) in [5.41, 5.74) is 0.105. The largest absolute Gasteiger partial charge is 0.496 e. The molecule has 0 fully saturated rings. The smallest absolute Gasteiger partial charge is 0.416 e. The lowest BCUT2D eigenvalue weighted by molar-refractivity contribution is -0.137. The number of sulfonamides is 1. The Morgan fingerprint density at radius 3 is 2.22 bits per heavy atom. The van der Waals surface area contributed by atoms with Crippen LogP contribution in [0.25, 0.3) is 0 Å². The first-order valence-corrected chi connectivity index (χ1v) is 9.60. The molecule has 2 aromatic carbocycles. The van der Waals surface area contributed by atoms with Crippen molar-refractivity contribution in [2.45, 2.75) is 18.0 Å². The first kappa shape index (κ1) is 21.2. The number of hydrogen-bond donors (Lipinski definition) is 1. The van der Waals surface area contributed by atoms with Gasteiger partial charge >= 0.3 is 6.18 Å². The Morgan fingerprint density at radius 2 is 1.67 bits per heavy atom. The Kier molecular flexibility index (Phi) is 6.85. The maximum Gasteiger partial charge on any atom is 0.416 e. The summed E-state index contributed by atoms with van der Waals surface area (Å²) in [5.74, 6) is 0.124. The van der Waals surface area contributed by atoms with Crippen LogP contribution >= 0.6 is 0 Å². The van der Waals surface area contributed by atoms with Crippen LogP contribution < -0.4 is 9.46 Å². The molecular weight excluding hydrogens is 383 g/mol. The zero-order valence-electron chi connectivity index (χ0n) is 14.8. The molecule has 0 radical (unpaired) electrons. The Hall–Kier alpha value is -2.10. The molecule has 0 aliphatic carbocycles. The molecule has 2 aromatic rings. The van der Waals surface area contributed by atoms with Gasteiger partial charge in [-0.3, -0.25) is 0 Å². The minimum Gasteiger partial charge on any atom is -0.496 e. The SMILES string of the molecule is COc1ccccc1C(CNS(=O)(=O)Cc1ccc(C(F)(F)F)cc1)OC. The molecule has 2 rings (SSSR count). The van der Waals surface area contributed by atoms with Crippen molar-refractivity contribution in [3.05, 3.63) is 65.2 Å². The number of alkyl halides is 3. The van der Waals surface area contributed by atoms with Crippen molar-refractivity contribution in [1.29, 1.82) is 0 Å². The predicted octanol–water partition coefficient (Wildman–Crippen LogP) is 3.52. The van der Waals surface area contributed by atoms with E-state index in [0.717, 1.165) is 24.3 Å². The second-order valence-corrected chi connectivity index (χ2v) is 7.58. The molecule has 0 spiro atoms. The Bertz CT molecular complexity index is 852. The summed E-state index contributed by atoms with van der Waals surface area (Å²) in [6, 6.07) is 11.1. The zero-order valence-corrected chi connectivity index (χ0v) is 15.6. The molecule has 0 heterocycles. The molecule has 0 saturated heterocycles. The summed E-state index contributed by atoms with van der Waals surface area (Å²) in [6.07, 6.45) is -5.04. The Balaban J connectivity index is 2.05. The standard InChI is InChI=1S/C18H20F3NO4S/c1-25-16-6-4-3-5-15(16)17(26-2)11-22-27(23,24)12-13-7-9-14(10-8-13)18(19,20)21/h3-10,17,22H,11-12H2,1-2H3. The third-order valence-corrected chi connectivity index (χ3v) is 5.22. The van der Waals surface area contributed by atoms with Crippen LogP contribution in [-0.4, -0.2) is 29.2 Å². The van der Waals surface area contributed by atoms with Gasteiger partial charge in [-0.25, -0.2) is 13.1 Å². The number of nitrogens with one attached hydrogen (secondary N) is 1. The highest BCUT2D eigenvalue weighted by Gasteiger charge is 2.30. The lowest BCUT2D eigenvalue weighted by Crippen LogP contribution is -2.30. The number of rotatable bonds is 8. The van der Waals surface area contributed by atoms with Gasteiger partial charge in [0.1, 0.15) is 5.75 Å². The van der Waals surface area contributed by atoms with Crippen molar-refractivity contribution in [2.24, 2.45) is 0 Å². The lowest BCUT2D eigenvalue weighted by Gasteiger charge is -2.19. The molecule has 1 atom stereocenters. The first-order valence-electron chi connectivity index (χ1n) is 7.95. The van der Waals surface area contributed by atoms with E-state index in [-0.39, 0.29) is 12.1 Å². The Labute approximate surface area is 156 Å². The van der Waals surface area contributed by atoms with Crippen LogP contribution in [0.2, 0.25) is 0 Å². The molecule has 0 saturated carbocycles. The number of methoxy groups -OCH3 is 2. The fraction of sp³-hybridized carbons (Fsp3) is 0.333. The summed E-state index contributed by atoms with van der Waals surface area (Å²) in [4.78, 5) is 0. The van der Waals surface area contributed by atoms with Crippen molar-refractivity contribution in [3.8, 4) is 5.75 Å². The lowest BCUT2D eigenvalue weighted by atomic mass is 10.1. The second-order valence-electron chi connectivity index (χ2n) is 5.77. The molecule has 0 bridgehead atoms. The van der Waals surface area contributed by atoms with Gasteiger partial charge in [-0.2, -0.15) is 13.2 Å². The quantitative estimate of drug-likeness (QED) is 0.733. The van der Waals surface area contributed by atoms with Gasteiger partial charge in [0.2, 0.25) is 10.0 Å². The summed E-state index contributed by atoms with van der Waals surface area (Å²) in [6.45, 7) is -0.0418. The van der Waals surface area contributed by atoms with Gasteiger partial charge in [0, 0.05) is 19.2 Å². The molecule has 0 aliphatic rings. The average Bonchev–Trinajstić information content (AvgIpc) is 2.62. The minimum absolute atomic E-state index is 0.0418. The number of halogens is 3. The summed E-state index contributed by atoms with van der Waals surface area (Å²) >= 11 is 0. The minimum atomic E-state index is -4.46. The molecule has 1 unspecified atom stereocenters. The van der Waals surface area contributed by atoms with Gasteiger partial charge in [0.15, 0.2) is 0 Å². The van der Waals surface area contributed by atoms with E-state index in [1.807, 2.05) is 0 Å². The van der Waals surface area contributed by atoms with Gasteiger partial charge in [-0.15, -0.1) is 0 Å². The molecule has 5 nitrogen and oxygen atoms in total. The van der Waals surface area contributed by atoms with Crippen molar-refractivity contribution in [1.82, 2.24) is 4.72 Å². The topological polar surface area (TPSA) is 64.6 Å². The van der Waals surface area contributed by atoms with Crippen LogP contribution in [0.15, 0.2) is 48.5 Å². The highest BCUT2D eigenvalue weighted by Crippen LogP contribution is 2.29. The maximum absolute atomic E-state index is 12.6. The van der Waals surface area contributed by atoms with Gasteiger partial charge in [0.05, 0.1) is 24.5 Å². The van der Waals surface area contributed by atoms with Gasteiger partial charge in [-0.1, -0.05) is 30.3 Å². The van der Waals surface area contributed by atoms with Crippen LogP contribution in [0.4, 0.5) is 13.2 Å². The second kappa shape index (κ2) is 8.73. The number of benzene rings is 2. The van der Waals surface area contributed by atoms with E-state index < -0.39 is 33.6 Å². The van der Waals surface area contributed by atoms with Crippen molar-refractivity contribution >= 4 is 10.0 Å². The van der Waals surface area contributed by atoms with Crippen LogP contribution in [-0.2, 0) is 26.7 Å². The average molecular weight is 403 g/mol. The molecule has 0 amide bonds. The van der Waals surface area contributed by atoms with E-state index >= 15 is 0 Å². The zero-order chi connectivity index (χ0) is 20.1. The fourth-order valence-electron chi connectivity index (χ4n) is 2.52. The van der Waals surface area contributed by atoms with Crippen LogP contribution in [0, 0.1) is 0 Å².